The predicted molar refractivity (Wildman–Crippen MR) is 199 cm³/mol. The maximum Gasteiger partial charge on any atom is 0.136 e. The van der Waals surface area contributed by atoms with Crippen LogP contribution in [0.15, 0.2) is 161 Å². The SMILES string of the molecule is C=C/C=C\c1oc2ccc3oc4cc(-c5c6ccccc6c(-c6ccc(-c7ccccc7)cc6)c6ccccc56)ccc4c3c2c1C. The third-order valence-electron chi connectivity index (χ3n) is 9.45. The van der Waals surface area contributed by atoms with Gasteiger partial charge in [-0.3, -0.25) is 0 Å². The summed E-state index contributed by atoms with van der Waals surface area (Å²) in [6.45, 7) is 5.91. The molecule has 0 aliphatic rings. The van der Waals surface area contributed by atoms with Crippen molar-refractivity contribution in [3.63, 3.8) is 0 Å². The van der Waals surface area contributed by atoms with E-state index < -0.39 is 0 Å². The Morgan fingerprint density at radius 1 is 0.468 bits per heavy atom. The summed E-state index contributed by atoms with van der Waals surface area (Å²) in [6.07, 6.45) is 5.63. The molecule has 2 nitrogen and oxygen atoms in total. The van der Waals surface area contributed by atoms with Crippen molar-refractivity contribution in [1.82, 2.24) is 0 Å². The van der Waals surface area contributed by atoms with Gasteiger partial charge in [-0.05, 0) is 92.2 Å². The molecule has 0 saturated carbocycles. The fourth-order valence-electron chi connectivity index (χ4n) is 7.30. The minimum absolute atomic E-state index is 0.839. The molecule has 2 aromatic heterocycles. The highest BCUT2D eigenvalue weighted by Gasteiger charge is 2.20. The first-order chi connectivity index (χ1) is 23.2. The molecule has 0 amide bonds. The van der Waals surface area contributed by atoms with Gasteiger partial charge in [0.2, 0.25) is 0 Å². The van der Waals surface area contributed by atoms with Gasteiger partial charge in [0.15, 0.2) is 0 Å². The van der Waals surface area contributed by atoms with Crippen LogP contribution in [0.25, 0.3) is 93.9 Å². The van der Waals surface area contributed by atoms with Crippen molar-refractivity contribution in [1.29, 1.82) is 0 Å². The Bertz CT molecular complexity index is 2630. The van der Waals surface area contributed by atoms with E-state index >= 15 is 0 Å². The van der Waals surface area contributed by atoms with Crippen LogP contribution >= 0.6 is 0 Å². The van der Waals surface area contributed by atoms with Crippen LogP contribution in [0.5, 0.6) is 0 Å². The minimum Gasteiger partial charge on any atom is -0.456 e. The van der Waals surface area contributed by atoms with Gasteiger partial charge < -0.3 is 8.83 Å². The number of hydrogen-bond donors (Lipinski definition) is 0. The molecule has 0 aliphatic heterocycles. The van der Waals surface area contributed by atoms with Crippen molar-refractivity contribution in [3.8, 4) is 33.4 Å². The van der Waals surface area contributed by atoms with Crippen molar-refractivity contribution in [2.24, 2.45) is 0 Å². The molecule has 7 aromatic carbocycles. The molecule has 0 spiro atoms. The van der Waals surface area contributed by atoms with E-state index in [-0.39, 0.29) is 0 Å². The maximum atomic E-state index is 6.56. The molecule has 0 atom stereocenters. The zero-order chi connectivity index (χ0) is 31.5. The first kappa shape index (κ1) is 27.2. The molecule has 222 valence electrons. The number of benzene rings is 7. The van der Waals surface area contributed by atoms with Gasteiger partial charge in [-0.15, -0.1) is 0 Å². The van der Waals surface area contributed by atoms with Crippen LogP contribution in [0.3, 0.4) is 0 Å². The Kier molecular flexibility index (Phi) is 6.22. The lowest BCUT2D eigenvalue weighted by Gasteiger charge is -2.18. The van der Waals surface area contributed by atoms with Crippen molar-refractivity contribution in [2.75, 3.05) is 0 Å². The van der Waals surface area contributed by atoms with Gasteiger partial charge in [0.1, 0.15) is 22.5 Å². The first-order valence-corrected chi connectivity index (χ1v) is 16.0. The first-order valence-electron chi connectivity index (χ1n) is 16.0. The van der Waals surface area contributed by atoms with Crippen molar-refractivity contribution >= 4 is 60.5 Å². The fraction of sp³-hybridized carbons (Fsp3) is 0.0222. The fourth-order valence-corrected chi connectivity index (χ4v) is 7.30. The number of fused-ring (bicyclic) bond motifs is 7. The summed E-state index contributed by atoms with van der Waals surface area (Å²) < 4.78 is 12.8. The lowest BCUT2D eigenvalue weighted by molar-refractivity contribution is 0.601. The van der Waals surface area contributed by atoms with E-state index in [1.807, 2.05) is 24.3 Å². The van der Waals surface area contributed by atoms with Crippen LogP contribution in [0.1, 0.15) is 11.3 Å². The molecule has 2 heterocycles. The standard InChI is InChI=1S/C45H30O2/c1-3-4-18-38-28(2)42-39(46-38)25-26-40-45(42)37-24-23-32(27-41(37)47-40)44-35-16-10-8-14-33(35)43(34-15-9-11-17-36(34)44)31-21-19-30(20-22-31)29-12-6-5-7-13-29/h3-27H,1H2,2H3/b18-4-. The van der Waals surface area contributed by atoms with E-state index in [9.17, 15) is 0 Å². The van der Waals surface area contributed by atoms with E-state index in [1.165, 1.54) is 49.4 Å². The minimum atomic E-state index is 0.839. The second kappa shape index (κ2) is 10.8. The van der Waals surface area contributed by atoms with Crippen molar-refractivity contribution < 1.29 is 8.83 Å². The van der Waals surface area contributed by atoms with E-state index in [0.29, 0.717) is 0 Å². The normalized spacial score (nSPS) is 11.9. The van der Waals surface area contributed by atoms with Crippen LogP contribution in [-0.4, -0.2) is 0 Å². The van der Waals surface area contributed by atoms with Crippen LogP contribution < -0.4 is 0 Å². The molecule has 0 bridgehead atoms. The van der Waals surface area contributed by atoms with Gasteiger partial charge >= 0.3 is 0 Å². The van der Waals surface area contributed by atoms with Gasteiger partial charge in [-0.25, -0.2) is 0 Å². The lowest BCUT2D eigenvalue weighted by Crippen LogP contribution is -1.91. The average Bonchev–Trinajstić information content (AvgIpc) is 3.66. The smallest absolute Gasteiger partial charge is 0.136 e. The van der Waals surface area contributed by atoms with Gasteiger partial charge in [0, 0.05) is 21.7 Å². The van der Waals surface area contributed by atoms with Gasteiger partial charge in [-0.2, -0.15) is 0 Å². The summed E-state index contributed by atoms with van der Waals surface area (Å²) in [5.41, 5.74) is 10.9. The second-order valence-electron chi connectivity index (χ2n) is 12.1. The Balaban J connectivity index is 1.26. The topological polar surface area (TPSA) is 26.3 Å². The van der Waals surface area contributed by atoms with Gasteiger partial charge in [-0.1, -0.05) is 128 Å². The Morgan fingerprint density at radius 2 is 1.00 bits per heavy atom. The summed E-state index contributed by atoms with van der Waals surface area (Å²) >= 11 is 0. The summed E-state index contributed by atoms with van der Waals surface area (Å²) in [5.74, 6) is 0.839. The van der Waals surface area contributed by atoms with Crippen molar-refractivity contribution in [2.45, 2.75) is 6.92 Å². The van der Waals surface area contributed by atoms with Crippen molar-refractivity contribution in [3.05, 3.63) is 164 Å². The molecule has 0 fully saturated rings. The van der Waals surface area contributed by atoms with E-state index in [2.05, 4.69) is 135 Å². The number of aryl methyl sites for hydroxylation is 1. The monoisotopic (exact) mass is 602 g/mol. The number of furan rings is 2. The summed E-state index contributed by atoms with van der Waals surface area (Å²) in [6, 6.07) is 47.8. The van der Waals surface area contributed by atoms with E-state index in [4.69, 9.17) is 8.83 Å². The molecule has 9 rings (SSSR count). The van der Waals surface area contributed by atoms with Crippen LogP contribution in [0, 0.1) is 6.92 Å². The predicted octanol–water partition coefficient (Wildman–Crippen LogP) is 13.1. The molecule has 0 radical (unpaired) electrons. The number of hydrogen-bond acceptors (Lipinski definition) is 2. The maximum absolute atomic E-state index is 6.56. The summed E-state index contributed by atoms with van der Waals surface area (Å²) in [5, 5.41) is 8.17. The molecule has 2 heteroatoms. The Morgan fingerprint density at radius 3 is 1.64 bits per heavy atom. The Labute approximate surface area is 272 Å². The highest BCUT2D eigenvalue weighted by atomic mass is 16.3. The average molecular weight is 603 g/mol. The molecule has 47 heavy (non-hydrogen) atoms. The quantitative estimate of drug-likeness (QED) is 0.145. The highest BCUT2D eigenvalue weighted by Crippen LogP contribution is 2.46. The van der Waals surface area contributed by atoms with E-state index in [0.717, 1.165) is 49.8 Å². The molecule has 0 N–H and O–H groups in total. The molecule has 0 saturated heterocycles. The molecule has 0 unspecified atom stereocenters. The third kappa shape index (κ3) is 4.26. The lowest BCUT2D eigenvalue weighted by atomic mass is 9.85. The second-order valence-corrected chi connectivity index (χ2v) is 12.1. The molecular weight excluding hydrogens is 572 g/mol. The molecule has 9 aromatic rings. The molecular formula is C45H30O2. The van der Waals surface area contributed by atoms with E-state index in [1.54, 1.807) is 6.08 Å². The molecule has 0 aliphatic carbocycles. The highest BCUT2D eigenvalue weighted by molar-refractivity contribution is 6.23. The summed E-state index contributed by atoms with van der Waals surface area (Å²) in [7, 11) is 0. The van der Waals surface area contributed by atoms with Gasteiger partial charge in [0.25, 0.3) is 0 Å². The van der Waals surface area contributed by atoms with Crippen LogP contribution in [0.2, 0.25) is 0 Å². The number of rotatable bonds is 5. The Hall–Kier alpha value is -6.12. The largest absolute Gasteiger partial charge is 0.456 e. The zero-order valence-corrected chi connectivity index (χ0v) is 26.0. The van der Waals surface area contributed by atoms with Crippen LogP contribution in [0.4, 0.5) is 0 Å². The zero-order valence-electron chi connectivity index (χ0n) is 26.0. The third-order valence-corrected chi connectivity index (χ3v) is 9.45. The number of allylic oxidation sites excluding steroid dienone is 2. The van der Waals surface area contributed by atoms with Crippen LogP contribution in [-0.2, 0) is 0 Å². The summed E-state index contributed by atoms with van der Waals surface area (Å²) in [4.78, 5) is 0. The van der Waals surface area contributed by atoms with Gasteiger partial charge in [0.05, 0.1) is 0 Å².